The largest absolute Gasteiger partial charge is 0.497 e. The minimum absolute atomic E-state index is 0.445. The molecule has 0 saturated carbocycles. The van der Waals surface area contributed by atoms with Crippen molar-refractivity contribution >= 4 is 56.5 Å². The fourth-order valence-corrected chi connectivity index (χ4v) is 2.68. The van der Waals surface area contributed by atoms with Gasteiger partial charge in [0.05, 0.1) is 17.2 Å². The van der Waals surface area contributed by atoms with Gasteiger partial charge in [0.2, 0.25) is 0 Å². The number of halogens is 3. The van der Waals surface area contributed by atoms with Gasteiger partial charge in [-0.05, 0) is 25.1 Å². The Morgan fingerprint density at radius 2 is 1.86 bits per heavy atom. The number of nitrogens with one attached hydrogen (secondary N) is 2. The van der Waals surface area contributed by atoms with Gasteiger partial charge in [-0.1, -0.05) is 39.1 Å². The fraction of sp³-hybridized carbons (Fsp3) is 0.214. The fourth-order valence-electron chi connectivity index (χ4n) is 1.74. The van der Waals surface area contributed by atoms with Crippen molar-refractivity contribution in [2.24, 2.45) is 0 Å². The van der Waals surface area contributed by atoms with Crippen molar-refractivity contribution in [1.29, 1.82) is 0 Å². The zero-order chi connectivity index (χ0) is 15.4. The molecule has 1 aromatic carbocycles. The van der Waals surface area contributed by atoms with Crippen LogP contribution in [0, 0.1) is 0 Å². The van der Waals surface area contributed by atoms with Crippen molar-refractivity contribution in [3.8, 4) is 5.75 Å². The van der Waals surface area contributed by atoms with Crippen LogP contribution in [-0.2, 0) is 0 Å². The third-order valence-electron chi connectivity index (χ3n) is 2.64. The Balaban J connectivity index is 2.34. The second kappa shape index (κ2) is 7.20. The zero-order valence-corrected chi connectivity index (χ0v) is 14.6. The van der Waals surface area contributed by atoms with Crippen molar-refractivity contribution in [2.45, 2.75) is 6.92 Å². The van der Waals surface area contributed by atoms with Crippen LogP contribution in [0.15, 0.2) is 28.7 Å². The standard InChI is InChI=1S/C14H14BrCl2N3O/c1-3-18-13-11(16)7-12(17)14(20-13)19-9-4-8(15)5-10(6-9)21-2/h4-7H,3H2,1-2H3,(H2,18,19,20). The van der Waals surface area contributed by atoms with E-state index in [1.807, 2.05) is 25.1 Å². The number of hydrogen-bond acceptors (Lipinski definition) is 4. The summed E-state index contributed by atoms with van der Waals surface area (Å²) in [5.41, 5.74) is 0.806. The van der Waals surface area contributed by atoms with Crippen LogP contribution in [0.5, 0.6) is 5.75 Å². The highest BCUT2D eigenvalue weighted by Crippen LogP contribution is 2.32. The van der Waals surface area contributed by atoms with Crippen LogP contribution in [0.3, 0.4) is 0 Å². The van der Waals surface area contributed by atoms with Crippen LogP contribution in [0.2, 0.25) is 10.0 Å². The molecule has 2 N–H and O–H groups in total. The molecule has 112 valence electrons. The van der Waals surface area contributed by atoms with Crippen LogP contribution < -0.4 is 15.4 Å². The quantitative estimate of drug-likeness (QED) is 0.723. The molecule has 0 atom stereocenters. The summed E-state index contributed by atoms with van der Waals surface area (Å²) in [6.45, 7) is 2.69. The molecule has 2 rings (SSSR count). The first-order valence-electron chi connectivity index (χ1n) is 6.25. The average molecular weight is 391 g/mol. The van der Waals surface area contributed by atoms with Crippen molar-refractivity contribution in [1.82, 2.24) is 4.98 Å². The summed E-state index contributed by atoms with van der Waals surface area (Å²) in [6.07, 6.45) is 0. The normalized spacial score (nSPS) is 10.3. The van der Waals surface area contributed by atoms with Crippen molar-refractivity contribution in [2.75, 3.05) is 24.3 Å². The molecule has 0 fully saturated rings. The number of anilines is 3. The summed E-state index contributed by atoms with van der Waals surface area (Å²) in [5, 5.41) is 7.18. The van der Waals surface area contributed by atoms with E-state index in [4.69, 9.17) is 27.9 Å². The first kappa shape index (κ1) is 16.2. The number of methoxy groups -OCH3 is 1. The maximum absolute atomic E-state index is 6.18. The first-order chi connectivity index (χ1) is 10.0. The Kier molecular flexibility index (Phi) is 5.56. The van der Waals surface area contributed by atoms with E-state index >= 15 is 0 Å². The molecule has 0 bridgehead atoms. The Bertz CT molecular complexity index is 652. The van der Waals surface area contributed by atoms with Crippen LogP contribution >= 0.6 is 39.1 Å². The van der Waals surface area contributed by atoms with Crippen LogP contribution in [0.1, 0.15) is 6.92 Å². The van der Waals surface area contributed by atoms with E-state index in [0.29, 0.717) is 21.7 Å². The lowest BCUT2D eigenvalue weighted by Crippen LogP contribution is -2.03. The number of ether oxygens (including phenoxy) is 1. The van der Waals surface area contributed by atoms with Gasteiger partial charge in [0, 0.05) is 22.8 Å². The Morgan fingerprint density at radius 1 is 1.14 bits per heavy atom. The molecule has 0 spiro atoms. The van der Waals surface area contributed by atoms with Crippen LogP contribution in [0.4, 0.5) is 17.3 Å². The lowest BCUT2D eigenvalue weighted by molar-refractivity contribution is 0.415. The number of nitrogens with zero attached hydrogens (tertiary/aromatic N) is 1. The highest BCUT2D eigenvalue weighted by Gasteiger charge is 2.10. The maximum Gasteiger partial charge on any atom is 0.151 e. The van der Waals surface area contributed by atoms with Gasteiger partial charge in [-0.2, -0.15) is 0 Å². The molecule has 0 radical (unpaired) electrons. The average Bonchev–Trinajstić information content (AvgIpc) is 2.43. The summed E-state index contributed by atoms with van der Waals surface area (Å²) in [6, 6.07) is 7.28. The molecule has 2 aromatic rings. The Morgan fingerprint density at radius 3 is 2.52 bits per heavy atom. The van der Waals surface area contributed by atoms with Gasteiger partial charge in [0.1, 0.15) is 11.6 Å². The van der Waals surface area contributed by atoms with E-state index in [2.05, 4.69) is 31.5 Å². The predicted molar refractivity (Wildman–Crippen MR) is 92.4 cm³/mol. The van der Waals surface area contributed by atoms with Gasteiger partial charge in [-0.3, -0.25) is 0 Å². The molecule has 0 aliphatic carbocycles. The molecule has 0 aliphatic rings. The molecule has 0 amide bonds. The van der Waals surface area contributed by atoms with E-state index in [9.17, 15) is 0 Å². The van der Waals surface area contributed by atoms with Gasteiger partial charge in [-0.25, -0.2) is 4.98 Å². The number of hydrogen-bond donors (Lipinski definition) is 2. The molecule has 0 unspecified atom stereocenters. The minimum Gasteiger partial charge on any atom is -0.497 e. The number of benzene rings is 1. The zero-order valence-electron chi connectivity index (χ0n) is 11.5. The van der Waals surface area contributed by atoms with Gasteiger partial charge >= 0.3 is 0 Å². The Hall–Kier alpha value is -1.17. The van der Waals surface area contributed by atoms with E-state index in [1.165, 1.54) is 0 Å². The second-order valence-corrected chi connectivity index (χ2v) is 5.91. The summed E-state index contributed by atoms with van der Waals surface area (Å²) >= 11 is 15.7. The lowest BCUT2D eigenvalue weighted by atomic mass is 10.3. The monoisotopic (exact) mass is 389 g/mol. The van der Waals surface area contributed by atoms with Gasteiger partial charge in [0.15, 0.2) is 5.82 Å². The molecular formula is C14H14BrCl2N3O. The summed E-state index contributed by atoms with van der Waals surface area (Å²) < 4.78 is 6.12. The van der Waals surface area contributed by atoms with E-state index in [0.717, 1.165) is 22.5 Å². The van der Waals surface area contributed by atoms with Crippen LogP contribution in [0.25, 0.3) is 0 Å². The van der Waals surface area contributed by atoms with E-state index in [1.54, 1.807) is 13.2 Å². The number of pyridine rings is 1. The van der Waals surface area contributed by atoms with Crippen LogP contribution in [-0.4, -0.2) is 18.6 Å². The highest BCUT2D eigenvalue weighted by atomic mass is 79.9. The highest BCUT2D eigenvalue weighted by molar-refractivity contribution is 9.10. The first-order valence-corrected chi connectivity index (χ1v) is 7.80. The second-order valence-electron chi connectivity index (χ2n) is 4.18. The summed E-state index contributed by atoms with van der Waals surface area (Å²) in [7, 11) is 1.61. The van der Waals surface area contributed by atoms with Gasteiger partial charge in [0.25, 0.3) is 0 Å². The summed E-state index contributed by atoms with van der Waals surface area (Å²) in [4.78, 5) is 4.40. The van der Waals surface area contributed by atoms with E-state index in [-0.39, 0.29) is 0 Å². The third kappa shape index (κ3) is 4.15. The van der Waals surface area contributed by atoms with Gasteiger partial charge < -0.3 is 15.4 Å². The smallest absolute Gasteiger partial charge is 0.151 e. The summed E-state index contributed by atoms with van der Waals surface area (Å²) in [5.74, 6) is 1.84. The van der Waals surface area contributed by atoms with Crippen molar-refractivity contribution < 1.29 is 4.74 Å². The maximum atomic E-state index is 6.18. The van der Waals surface area contributed by atoms with E-state index < -0.39 is 0 Å². The predicted octanol–water partition coefficient (Wildman–Crippen LogP) is 5.33. The minimum atomic E-state index is 0.445. The Labute approximate surface area is 141 Å². The molecule has 4 nitrogen and oxygen atoms in total. The van der Waals surface area contributed by atoms with Crippen molar-refractivity contribution in [3.63, 3.8) is 0 Å². The molecule has 21 heavy (non-hydrogen) atoms. The molecule has 1 aromatic heterocycles. The molecule has 7 heteroatoms. The van der Waals surface area contributed by atoms with Crippen molar-refractivity contribution in [3.05, 3.63) is 38.8 Å². The number of aromatic nitrogens is 1. The third-order valence-corrected chi connectivity index (χ3v) is 3.68. The molecule has 1 heterocycles. The lowest BCUT2D eigenvalue weighted by Gasteiger charge is -2.12. The molecule has 0 saturated heterocycles. The number of rotatable bonds is 5. The molecule has 0 aliphatic heterocycles. The molecular weight excluding hydrogens is 377 g/mol. The topological polar surface area (TPSA) is 46.2 Å². The van der Waals surface area contributed by atoms with Gasteiger partial charge in [-0.15, -0.1) is 0 Å². The SMILES string of the molecule is CCNc1nc(Nc2cc(Br)cc(OC)c2)c(Cl)cc1Cl.